The van der Waals surface area contributed by atoms with Crippen LogP contribution in [0.4, 0.5) is 0 Å². The van der Waals surface area contributed by atoms with E-state index in [9.17, 15) is 0 Å². The van der Waals surface area contributed by atoms with Gasteiger partial charge >= 0.3 is 0 Å². The molecule has 0 aromatic rings. The summed E-state index contributed by atoms with van der Waals surface area (Å²) in [5, 5.41) is 7.31. The minimum atomic E-state index is 0.702. The van der Waals surface area contributed by atoms with Crippen LogP contribution >= 0.6 is 0 Å². The summed E-state index contributed by atoms with van der Waals surface area (Å²) in [6.45, 7) is 10.6. The van der Waals surface area contributed by atoms with Gasteiger partial charge in [0, 0.05) is 0 Å². The molecule has 0 amide bonds. The maximum absolute atomic E-state index is 3.66. The van der Waals surface area contributed by atoms with Crippen LogP contribution in [0.3, 0.4) is 0 Å². The van der Waals surface area contributed by atoms with Crippen molar-refractivity contribution in [3.8, 4) is 0 Å². The maximum atomic E-state index is 3.66. The fourth-order valence-corrected chi connectivity index (χ4v) is 0.171. The van der Waals surface area contributed by atoms with E-state index in [-0.39, 0.29) is 0 Å². The molecule has 0 aromatic heterocycles. The van der Waals surface area contributed by atoms with Crippen LogP contribution in [0.15, 0.2) is 34.8 Å². The Labute approximate surface area is 49.6 Å². The first-order valence-corrected chi connectivity index (χ1v) is 2.35. The Hall–Kier alpha value is -0.920. The zero-order valence-corrected chi connectivity index (χ0v) is 5.31. The van der Waals surface area contributed by atoms with Gasteiger partial charge in [0.2, 0.25) is 0 Å². The van der Waals surface area contributed by atoms with Gasteiger partial charge in [-0.1, -0.05) is 13.2 Å². The van der Waals surface area contributed by atoms with E-state index >= 15 is 0 Å². The third kappa shape index (κ3) is 5.08. The molecule has 0 aliphatic rings. The Bertz CT molecular complexity index is 117. The Morgan fingerprint density at radius 1 is 1.00 bits per heavy atom. The van der Waals surface area contributed by atoms with Crippen molar-refractivity contribution >= 4 is 0 Å². The van der Waals surface area contributed by atoms with Gasteiger partial charge in [0.25, 0.3) is 0 Å². The summed E-state index contributed by atoms with van der Waals surface area (Å²) < 4.78 is 0. The van der Waals surface area contributed by atoms with E-state index < -0.39 is 0 Å². The van der Waals surface area contributed by atoms with Crippen LogP contribution in [0.5, 0.6) is 0 Å². The molecule has 0 heterocycles. The normalized spacial score (nSPS) is 9.75. The van der Waals surface area contributed by atoms with Crippen LogP contribution in [0.25, 0.3) is 0 Å². The first-order valence-electron chi connectivity index (χ1n) is 2.35. The van der Waals surface area contributed by atoms with Gasteiger partial charge in [-0.05, 0) is 13.8 Å². The molecule has 0 saturated carbocycles. The summed E-state index contributed by atoms with van der Waals surface area (Å²) >= 11 is 0. The molecule has 0 atom stereocenters. The standard InChI is InChI=1S/C6H10N2/c1-5(2)7-8-6(3)4/h1,3H2,2,4H3. The second kappa shape index (κ2) is 3.13. The first-order chi connectivity index (χ1) is 3.63. The Morgan fingerprint density at radius 2 is 1.25 bits per heavy atom. The van der Waals surface area contributed by atoms with Gasteiger partial charge in [-0.3, -0.25) is 0 Å². The van der Waals surface area contributed by atoms with Crippen molar-refractivity contribution in [1.82, 2.24) is 0 Å². The number of azo groups is 1. The van der Waals surface area contributed by atoms with E-state index in [1.807, 2.05) is 0 Å². The van der Waals surface area contributed by atoms with Gasteiger partial charge in [0.15, 0.2) is 0 Å². The summed E-state index contributed by atoms with van der Waals surface area (Å²) in [5.41, 5.74) is 1.40. The van der Waals surface area contributed by atoms with Crippen molar-refractivity contribution in [3.05, 3.63) is 24.6 Å². The minimum absolute atomic E-state index is 0.702. The van der Waals surface area contributed by atoms with Gasteiger partial charge in [-0.15, -0.1) is 0 Å². The van der Waals surface area contributed by atoms with E-state index in [2.05, 4.69) is 23.4 Å². The fraction of sp³-hybridized carbons (Fsp3) is 0.333. The predicted octanol–water partition coefficient (Wildman–Crippen LogP) is 2.51. The highest BCUT2D eigenvalue weighted by Gasteiger charge is 1.74. The summed E-state index contributed by atoms with van der Waals surface area (Å²) in [5.74, 6) is 0. The third-order valence-electron chi connectivity index (χ3n) is 0.391. The second-order valence-corrected chi connectivity index (χ2v) is 1.67. The van der Waals surface area contributed by atoms with Crippen molar-refractivity contribution in [3.63, 3.8) is 0 Å². The van der Waals surface area contributed by atoms with Gasteiger partial charge in [0.05, 0.1) is 11.4 Å². The monoisotopic (exact) mass is 110 g/mol. The van der Waals surface area contributed by atoms with Gasteiger partial charge in [0.1, 0.15) is 0 Å². The van der Waals surface area contributed by atoms with Crippen LogP contribution in [0, 0.1) is 0 Å². The lowest BCUT2D eigenvalue weighted by Crippen LogP contribution is -1.61. The molecule has 0 unspecified atom stereocenters. The molecule has 0 aromatic carbocycles. The largest absolute Gasteiger partial charge is 0.156 e. The molecule has 0 fully saturated rings. The molecule has 0 aliphatic carbocycles. The number of nitrogens with zero attached hydrogens (tertiary/aromatic N) is 2. The van der Waals surface area contributed by atoms with E-state index in [4.69, 9.17) is 0 Å². The lowest BCUT2D eigenvalue weighted by atomic mass is 10.6. The molecule has 2 heteroatoms. The zero-order chi connectivity index (χ0) is 6.57. The smallest absolute Gasteiger partial charge is 0.0528 e. The van der Waals surface area contributed by atoms with Crippen molar-refractivity contribution in [1.29, 1.82) is 0 Å². The van der Waals surface area contributed by atoms with Crippen molar-refractivity contribution < 1.29 is 0 Å². The highest BCUT2D eigenvalue weighted by atomic mass is 15.1. The zero-order valence-electron chi connectivity index (χ0n) is 5.31. The number of allylic oxidation sites excluding steroid dienone is 2. The first kappa shape index (κ1) is 7.08. The summed E-state index contributed by atoms with van der Waals surface area (Å²) in [6, 6.07) is 0. The molecule has 0 saturated heterocycles. The molecular formula is C6H10N2. The Balaban J connectivity index is 3.67. The predicted molar refractivity (Wildman–Crippen MR) is 34.5 cm³/mol. The highest BCUT2D eigenvalue weighted by Crippen LogP contribution is 1.95. The van der Waals surface area contributed by atoms with Crippen LogP contribution in [-0.2, 0) is 0 Å². The molecule has 0 bridgehead atoms. The summed E-state index contributed by atoms with van der Waals surface area (Å²) in [6.07, 6.45) is 0. The number of hydrogen-bond acceptors (Lipinski definition) is 2. The van der Waals surface area contributed by atoms with Crippen molar-refractivity contribution in [2.75, 3.05) is 0 Å². The van der Waals surface area contributed by atoms with Crippen LogP contribution in [0.2, 0.25) is 0 Å². The van der Waals surface area contributed by atoms with E-state index in [1.165, 1.54) is 0 Å². The molecule has 8 heavy (non-hydrogen) atoms. The fourth-order valence-electron chi connectivity index (χ4n) is 0.171. The molecule has 0 N–H and O–H groups in total. The van der Waals surface area contributed by atoms with Gasteiger partial charge in [-0.2, -0.15) is 10.2 Å². The summed E-state index contributed by atoms with van der Waals surface area (Å²) in [7, 11) is 0. The molecule has 0 rings (SSSR count). The molecule has 0 spiro atoms. The Kier molecular flexibility index (Phi) is 2.77. The van der Waals surface area contributed by atoms with Crippen LogP contribution in [0.1, 0.15) is 13.8 Å². The Morgan fingerprint density at radius 3 is 1.38 bits per heavy atom. The van der Waals surface area contributed by atoms with Gasteiger partial charge in [-0.25, -0.2) is 0 Å². The lowest BCUT2D eigenvalue weighted by Gasteiger charge is -1.82. The molecule has 44 valence electrons. The average Bonchev–Trinajstić information content (AvgIpc) is 1.61. The quantitative estimate of drug-likeness (QED) is 0.488. The van der Waals surface area contributed by atoms with Crippen molar-refractivity contribution in [2.45, 2.75) is 13.8 Å². The van der Waals surface area contributed by atoms with E-state index in [0.29, 0.717) is 11.4 Å². The number of rotatable bonds is 2. The third-order valence-corrected chi connectivity index (χ3v) is 0.391. The van der Waals surface area contributed by atoms with Crippen LogP contribution in [-0.4, -0.2) is 0 Å². The SMILES string of the molecule is C=C(C)N=NC(=C)C. The minimum Gasteiger partial charge on any atom is -0.156 e. The maximum Gasteiger partial charge on any atom is 0.0528 e. The lowest BCUT2D eigenvalue weighted by molar-refractivity contribution is 1.07. The van der Waals surface area contributed by atoms with Crippen molar-refractivity contribution in [2.24, 2.45) is 10.2 Å². The average molecular weight is 110 g/mol. The summed E-state index contributed by atoms with van der Waals surface area (Å²) in [4.78, 5) is 0. The number of hydrogen-bond donors (Lipinski definition) is 0. The van der Waals surface area contributed by atoms with E-state index in [1.54, 1.807) is 13.8 Å². The van der Waals surface area contributed by atoms with Gasteiger partial charge < -0.3 is 0 Å². The van der Waals surface area contributed by atoms with Crippen LogP contribution < -0.4 is 0 Å². The topological polar surface area (TPSA) is 24.7 Å². The molecule has 0 radical (unpaired) electrons. The highest BCUT2D eigenvalue weighted by molar-refractivity contribution is 4.88. The molecular weight excluding hydrogens is 100 g/mol. The molecule has 0 aliphatic heterocycles. The second-order valence-electron chi connectivity index (χ2n) is 1.67. The van der Waals surface area contributed by atoms with E-state index in [0.717, 1.165) is 0 Å². The molecule has 2 nitrogen and oxygen atoms in total.